The van der Waals surface area contributed by atoms with Crippen LogP contribution in [0.3, 0.4) is 0 Å². The van der Waals surface area contributed by atoms with Crippen LogP contribution in [-0.4, -0.2) is 46.2 Å². The molecule has 1 fully saturated rings. The second-order valence-corrected chi connectivity index (χ2v) is 6.47. The molecule has 1 saturated heterocycles. The van der Waals surface area contributed by atoms with Crippen molar-refractivity contribution >= 4 is 17.2 Å². The molecule has 0 unspecified atom stereocenters. The lowest BCUT2D eigenvalue weighted by Crippen LogP contribution is -2.39. The second-order valence-electron chi connectivity index (χ2n) is 5.58. The highest BCUT2D eigenvalue weighted by atomic mass is 32.1. The number of amides is 1. The molecule has 2 aromatic heterocycles. The highest BCUT2D eigenvalue weighted by Gasteiger charge is 2.28. The van der Waals surface area contributed by atoms with Gasteiger partial charge in [0.25, 0.3) is 5.91 Å². The van der Waals surface area contributed by atoms with Gasteiger partial charge in [0.05, 0.1) is 17.8 Å². The number of aromatic nitrogens is 3. The Labute approximate surface area is 139 Å². The van der Waals surface area contributed by atoms with Crippen LogP contribution in [0, 0.1) is 0 Å². The van der Waals surface area contributed by atoms with E-state index in [1.165, 1.54) is 7.11 Å². The summed E-state index contributed by atoms with van der Waals surface area (Å²) in [5, 5.41) is 11.1. The summed E-state index contributed by atoms with van der Waals surface area (Å²) in [5.41, 5.74) is 1.49. The predicted octanol–water partition coefficient (Wildman–Crippen LogP) is 2.52. The molecule has 3 heterocycles. The van der Waals surface area contributed by atoms with Crippen LogP contribution in [0.25, 0.3) is 0 Å². The monoisotopic (exact) mass is 332 g/mol. The number of aryl methyl sites for hydroxylation is 1. The molecule has 0 bridgehead atoms. The Kier molecular flexibility index (Phi) is 4.85. The number of carbonyl (C=O) groups is 1. The molecule has 1 atom stereocenters. The van der Waals surface area contributed by atoms with E-state index in [4.69, 9.17) is 4.74 Å². The number of rotatable bonds is 4. The van der Waals surface area contributed by atoms with Crippen molar-refractivity contribution in [1.82, 2.24) is 20.1 Å². The molecule has 1 aliphatic heterocycles. The number of piperidine rings is 1. The van der Waals surface area contributed by atoms with E-state index >= 15 is 0 Å². The van der Waals surface area contributed by atoms with Gasteiger partial charge in [-0.2, -0.15) is 0 Å². The number of ether oxygens (including phenoxy) is 1. The summed E-state index contributed by atoms with van der Waals surface area (Å²) in [6.07, 6.45) is 3.02. The minimum atomic E-state index is -0.0721. The number of thiazole rings is 1. The van der Waals surface area contributed by atoms with Crippen LogP contribution in [0.4, 0.5) is 0 Å². The molecule has 0 N–H and O–H groups in total. The molecule has 3 rings (SSSR count). The van der Waals surface area contributed by atoms with Crippen LogP contribution < -0.4 is 4.74 Å². The van der Waals surface area contributed by atoms with Gasteiger partial charge in [-0.25, -0.2) is 4.98 Å². The highest BCUT2D eigenvalue weighted by molar-refractivity contribution is 7.09. The maximum absolute atomic E-state index is 12.6. The van der Waals surface area contributed by atoms with E-state index in [0.717, 1.165) is 36.5 Å². The summed E-state index contributed by atoms with van der Waals surface area (Å²) in [6, 6.07) is 3.33. The normalized spacial score (nSPS) is 18.0. The second kappa shape index (κ2) is 7.04. The van der Waals surface area contributed by atoms with Crippen LogP contribution in [0.5, 0.6) is 5.88 Å². The van der Waals surface area contributed by atoms with E-state index in [9.17, 15) is 4.79 Å². The summed E-state index contributed by atoms with van der Waals surface area (Å²) in [7, 11) is 1.53. The van der Waals surface area contributed by atoms with Crippen LogP contribution in [-0.2, 0) is 6.42 Å². The summed E-state index contributed by atoms with van der Waals surface area (Å²) in [4.78, 5) is 19.1. The van der Waals surface area contributed by atoms with Crippen molar-refractivity contribution in [3.8, 4) is 5.88 Å². The summed E-state index contributed by atoms with van der Waals surface area (Å²) < 4.78 is 4.98. The van der Waals surface area contributed by atoms with E-state index in [1.807, 2.05) is 4.90 Å². The van der Waals surface area contributed by atoms with Gasteiger partial charge in [-0.05, 0) is 25.3 Å². The first-order valence-corrected chi connectivity index (χ1v) is 8.70. The molecular formula is C16H20N4O2S. The standard InChI is InChI=1S/C16H20N4O2S/c1-3-12-10-23-15(17-12)11-5-4-8-20(9-11)16(21)13-6-7-14(22-2)19-18-13/h6-7,10-11H,3-5,8-9H2,1-2H3/t11-/m0/s1. The van der Waals surface area contributed by atoms with Crippen molar-refractivity contribution in [2.45, 2.75) is 32.1 Å². The average molecular weight is 332 g/mol. The molecule has 0 saturated carbocycles. The molecule has 7 heteroatoms. The van der Waals surface area contributed by atoms with Crippen molar-refractivity contribution in [3.05, 3.63) is 33.9 Å². The molecule has 0 radical (unpaired) electrons. The topological polar surface area (TPSA) is 68.2 Å². The van der Waals surface area contributed by atoms with Crippen molar-refractivity contribution in [3.63, 3.8) is 0 Å². The first-order chi connectivity index (χ1) is 11.2. The van der Waals surface area contributed by atoms with Gasteiger partial charge < -0.3 is 9.64 Å². The number of carbonyl (C=O) groups excluding carboxylic acids is 1. The average Bonchev–Trinajstić information content (AvgIpc) is 3.10. The third kappa shape index (κ3) is 3.50. The molecule has 0 aliphatic carbocycles. The largest absolute Gasteiger partial charge is 0.480 e. The smallest absolute Gasteiger partial charge is 0.274 e. The summed E-state index contributed by atoms with van der Waals surface area (Å²) >= 11 is 1.70. The molecule has 2 aromatic rings. The Morgan fingerprint density at radius 3 is 2.96 bits per heavy atom. The minimum Gasteiger partial charge on any atom is -0.480 e. The molecule has 122 valence electrons. The predicted molar refractivity (Wildman–Crippen MR) is 88.0 cm³/mol. The van der Waals surface area contributed by atoms with Gasteiger partial charge in [0.1, 0.15) is 0 Å². The molecule has 0 aromatic carbocycles. The third-order valence-electron chi connectivity index (χ3n) is 4.06. The van der Waals surface area contributed by atoms with Gasteiger partial charge in [0.2, 0.25) is 5.88 Å². The Morgan fingerprint density at radius 2 is 2.30 bits per heavy atom. The molecule has 0 spiro atoms. The maximum Gasteiger partial charge on any atom is 0.274 e. The number of nitrogens with zero attached hydrogens (tertiary/aromatic N) is 4. The van der Waals surface area contributed by atoms with Crippen molar-refractivity contribution in [2.75, 3.05) is 20.2 Å². The molecule has 6 nitrogen and oxygen atoms in total. The fourth-order valence-corrected chi connectivity index (χ4v) is 3.77. The fraction of sp³-hybridized carbons (Fsp3) is 0.500. The Balaban J connectivity index is 1.70. The molecule has 23 heavy (non-hydrogen) atoms. The zero-order valence-electron chi connectivity index (χ0n) is 13.4. The van der Waals surface area contributed by atoms with Crippen LogP contribution >= 0.6 is 11.3 Å². The van der Waals surface area contributed by atoms with E-state index in [2.05, 4.69) is 27.5 Å². The zero-order valence-corrected chi connectivity index (χ0v) is 14.2. The quantitative estimate of drug-likeness (QED) is 0.860. The first-order valence-electron chi connectivity index (χ1n) is 7.82. The van der Waals surface area contributed by atoms with Gasteiger partial charge in [0.15, 0.2) is 5.69 Å². The Bertz CT molecular complexity index is 671. The molecule has 1 amide bonds. The fourth-order valence-electron chi connectivity index (χ4n) is 2.74. The van der Waals surface area contributed by atoms with E-state index in [-0.39, 0.29) is 5.91 Å². The van der Waals surface area contributed by atoms with Crippen molar-refractivity contribution in [2.24, 2.45) is 0 Å². The van der Waals surface area contributed by atoms with Gasteiger partial charge in [-0.15, -0.1) is 21.5 Å². The van der Waals surface area contributed by atoms with Gasteiger partial charge in [-0.1, -0.05) is 6.92 Å². The lowest BCUT2D eigenvalue weighted by Gasteiger charge is -2.31. The number of methoxy groups -OCH3 is 1. The van der Waals surface area contributed by atoms with Crippen LogP contribution in [0.1, 0.15) is 46.9 Å². The lowest BCUT2D eigenvalue weighted by atomic mass is 9.98. The Hall–Kier alpha value is -2.02. The Morgan fingerprint density at radius 1 is 1.43 bits per heavy atom. The van der Waals surface area contributed by atoms with Crippen LogP contribution in [0.2, 0.25) is 0 Å². The van der Waals surface area contributed by atoms with Crippen LogP contribution in [0.15, 0.2) is 17.5 Å². The third-order valence-corrected chi connectivity index (χ3v) is 5.11. The number of hydrogen-bond acceptors (Lipinski definition) is 6. The summed E-state index contributed by atoms with van der Waals surface area (Å²) in [5.74, 6) is 0.661. The van der Waals surface area contributed by atoms with Gasteiger partial charge in [-0.3, -0.25) is 4.79 Å². The maximum atomic E-state index is 12.6. The van der Waals surface area contributed by atoms with E-state index in [1.54, 1.807) is 23.5 Å². The SMILES string of the molecule is CCc1csc([C@H]2CCCN(C(=O)c3ccc(OC)nn3)C2)n1. The van der Waals surface area contributed by atoms with Gasteiger partial charge >= 0.3 is 0 Å². The van der Waals surface area contributed by atoms with Crippen molar-refractivity contribution < 1.29 is 9.53 Å². The lowest BCUT2D eigenvalue weighted by molar-refractivity contribution is 0.0699. The first kappa shape index (κ1) is 15.9. The highest BCUT2D eigenvalue weighted by Crippen LogP contribution is 2.30. The number of hydrogen-bond donors (Lipinski definition) is 0. The summed E-state index contributed by atoms with van der Waals surface area (Å²) in [6.45, 7) is 3.57. The molecule has 1 aliphatic rings. The minimum absolute atomic E-state index is 0.0721. The van der Waals surface area contributed by atoms with Crippen molar-refractivity contribution in [1.29, 1.82) is 0 Å². The van der Waals surface area contributed by atoms with Gasteiger partial charge in [0, 0.05) is 30.5 Å². The number of likely N-dealkylation sites (tertiary alicyclic amines) is 1. The molecular weight excluding hydrogens is 312 g/mol. The van der Waals surface area contributed by atoms with E-state index < -0.39 is 0 Å². The zero-order chi connectivity index (χ0) is 16.2. The van der Waals surface area contributed by atoms with E-state index in [0.29, 0.717) is 24.0 Å².